The van der Waals surface area contributed by atoms with Gasteiger partial charge < -0.3 is 10.6 Å². The Balaban J connectivity index is 1.62. The van der Waals surface area contributed by atoms with Crippen LogP contribution in [0.1, 0.15) is 10.6 Å². The van der Waals surface area contributed by atoms with Crippen molar-refractivity contribution in [1.82, 2.24) is 20.1 Å². The number of benzene rings is 1. The van der Waals surface area contributed by atoms with Gasteiger partial charge in [-0.15, -0.1) is 11.3 Å². The van der Waals surface area contributed by atoms with Crippen molar-refractivity contribution in [2.24, 2.45) is 7.05 Å². The molecule has 0 unspecified atom stereocenters. The number of carbonyl (C=O) groups is 1. The highest BCUT2D eigenvalue weighted by Crippen LogP contribution is 2.24. The van der Waals surface area contributed by atoms with Crippen molar-refractivity contribution in [3.05, 3.63) is 41.2 Å². The van der Waals surface area contributed by atoms with E-state index in [1.165, 1.54) is 0 Å². The SMILES string of the molecule is Cc1nc2ccc(NC(=O)NCc3cnn(C)c3)cc2s1. The second kappa shape index (κ2) is 5.53. The molecule has 0 spiro atoms. The highest BCUT2D eigenvalue weighted by atomic mass is 32.1. The smallest absolute Gasteiger partial charge is 0.319 e. The second-order valence-electron chi connectivity index (χ2n) is 4.75. The number of hydrogen-bond donors (Lipinski definition) is 2. The normalized spacial score (nSPS) is 10.8. The lowest BCUT2D eigenvalue weighted by molar-refractivity contribution is 0.251. The van der Waals surface area contributed by atoms with E-state index in [-0.39, 0.29) is 6.03 Å². The monoisotopic (exact) mass is 301 g/mol. The molecule has 0 aliphatic rings. The van der Waals surface area contributed by atoms with Crippen molar-refractivity contribution in [2.45, 2.75) is 13.5 Å². The van der Waals surface area contributed by atoms with Gasteiger partial charge in [0.1, 0.15) is 0 Å². The lowest BCUT2D eigenvalue weighted by Gasteiger charge is -2.06. The molecule has 0 saturated heterocycles. The van der Waals surface area contributed by atoms with Crippen molar-refractivity contribution >= 4 is 33.3 Å². The van der Waals surface area contributed by atoms with E-state index >= 15 is 0 Å². The Bertz CT molecular complexity index is 792. The van der Waals surface area contributed by atoms with Gasteiger partial charge >= 0.3 is 6.03 Å². The van der Waals surface area contributed by atoms with Crippen LogP contribution < -0.4 is 10.6 Å². The summed E-state index contributed by atoms with van der Waals surface area (Å²) in [5, 5.41) is 10.7. The zero-order valence-corrected chi connectivity index (χ0v) is 12.6. The summed E-state index contributed by atoms with van der Waals surface area (Å²) in [5.74, 6) is 0. The van der Waals surface area contributed by atoms with Crippen LogP contribution in [0.5, 0.6) is 0 Å². The number of thiazole rings is 1. The van der Waals surface area contributed by atoms with Crippen LogP contribution in [0.25, 0.3) is 10.2 Å². The number of nitrogens with one attached hydrogen (secondary N) is 2. The number of anilines is 1. The van der Waals surface area contributed by atoms with Gasteiger partial charge in [0.15, 0.2) is 0 Å². The maximum atomic E-state index is 11.9. The zero-order valence-electron chi connectivity index (χ0n) is 11.8. The average Bonchev–Trinajstić information content (AvgIpc) is 3.01. The van der Waals surface area contributed by atoms with E-state index in [9.17, 15) is 4.79 Å². The van der Waals surface area contributed by atoms with Gasteiger partial charge in [-0.2, -0.15) is 5.10 Å². The van der Waals surface area contributed by atoms with Gasteiger partial charge in [0, 0.05) is 31.0 Å². The average molecular weight is 301 g/mol. The molecule has 0 fully saturated rings. The third kappa shape index (κ3) is 3.19. The van der Waals surface area contributed by atoms with Gasteiger partial charge in [-0.05, 0) is 25.1 Å². The Kier molecular flexibility index (Phi) is 3.57. The maximum Gasteiger partial charge on any atom is 0.319 e. The summed E-state index contributed by atoms with van der Waals surface area (Å²) in [6.07, 6.45) is 3.60. The van der Waals surface area contributed by atoms with Crippen molar-refractivity contribution in [3.8, 4) is 0 Å². The molecule has 3 aromatic rings. The fourth-order valence-electron chi connectivity index (χ4n) is 2.04. The molecule has 21 heavy (non-hydrogen) atoms. The number of hydrogen-bond acceptors (Lipinski definition) is 4. The molecule has 0 atom stereocenters. The van der Waals surface area contributed by atoms with Crippen LogP contribution in [0.4, 0.5) is 10.5 Å². The summed E-state index contributed by atoms with van der Waals surface area (Å²) in [4.78, 5) is 16.3. The summed E-state index contributed by atoms with van der Waals surface area (Å²) < 4.78 is 2.77. The van der Waals surface area contributed by atoms with E-state index in [4.69, 9.17) is 0 Å². The first kappa shape index (κ1) is 13.6. The lowest BCUT2D eigenvalue weighted by atomic mass is 10.3. The van der Waals surface area contributed by atoms with E-state index in [0.717, 1.165) is 26.5 Å². The molecular weight excluding hydrogens is 286 g/mol. The first-order valence-electron chi connectivity index (χ1n) is 6.50. The van der Waals surface area contributed by atoms with E-state index in [1.807, 2.05) is 38.4 Å². The predicted octanol–water partition coefficient (Wildman–Crippen LogP) is 2.66. The van der Waals surface area contributed by atoms with E-state index < -0.39 is 0 Å². The van der Waals surface area contributed by atoms with Crippen LogP contribution in [0.15, 0.2) is 30.6 Å². The van der Waals surface area contributed by atoms with Gasteiger partial charge in [-0.25, -0.2) is 9.78 Å². The predicted molar refractivity (Wildman–Crippen MR) is 83.4 cm³/mol. The van der Waals surface area contributed by atoms with Crippen LogP contribution in [0.3, 0.4) is 0 Å². The Labute approximate surface area is 125 Å². The molecule has 1 aromatic carbocycles. The number of aromatic nitrogens is 3. The molecule has 0 aliphatic carbocycles. The lowest BCUT2D eigenvalue weighted by Crippen LogP contribution is -2.27. The fraction of sp³-hybridized carbons (Fsp3) is 0.214. The molecule has 2 amide bonds. The van der Waals surface area contributed by atoms with E-state index in [1.54, 1.807) is 22.2 Å². The molecule has 0 saturated carbocycles. The van der Waals surface area contributed by atoms with Crippen LogP contribution in [-0.2, 0) is 13.6 Å². The molecule has 6 nitrogen and oxygen atoms in total. The van der Waals surface area contributed by atoms with Crippen molar-refractivity contribution in [3.63, 3.8) is 0 Å². The molecule has 2 N–H and O–H groups in total. The van der Waals surface area contributed by atoms with Gasteiger partial charge in [0.05, 0.1) is 21.4 Å². The second-order valence-corrected chi connectivity index (χ2v) is 5.98. The standard InChI is InChI=1S/C14H15N5OS/c1-9-17-12-4-3-11(5-13(12)21-9)18-14(20)15-6-10-7-16-19(2)8-10/h3-5,7-8H,6H2,1-2H3,(H2,15,18,20). The number of amides is 2. The summed E-state index contributed by atoms with van der Waals surface area (Å²) >= 11 is 1.61. The van der Waals surface area contributed by atoms with Gasteiger partial charge in [-0.1, -0.05) is 0 Å². The molecule has 2 aromatic heterocycles. The third-order valence-electron chi connectivity index (χ3n) is 2.96. The fourth-order valence-corrected chi connectivity index (χ4v) is 2.90. The highest BCUT2D eigenvalue weighted by molar-refractivity contribution is 7.18. The minimum absolute atomic E-state index is 0.237. The first-order valence-corrected chi connectivity index (χ1v) is 7.31. The Morgan fingerprint density at radius 1 is 1.43 bits per heavy atom. The molecule has 0 aliphatic heterocycles. The van der Waals surface area contributed by atoms with Crippen molar-refractivity contribution < 1.29 is 4.79 Å². The van der Waals surface area contributed by atoms with Crippen LogP contribution in [-0.4, -0.2) is 20.8 Å². The van der Waals surface area contributed by atoms with Crippen molar-refractivity contribution in [1.29, 1.82) is 0 Å². The maximum absolute atomic E-state index is 11.9. The van der Waals surface area contributed by atoms with E-state index in [2.05, 4.69) is 20.7 Å². The van der Waals surface area contributed by atoms with Gasteiger partial charge in [0.2, 0.25) is 0 Å². The molecule has 108 valence electrons. The van der Waals surface area contributed by atoms with Crippen LogP contribution in [0.2, 0.25) is 0 Å². The van der Waals surface area contributed by atoms with Crippen LogP contribution in [0, 0.1) is 6.92 Å². The van der Waals surface area contributed by atoms with Gasteiger partial charge in [-0.3, -0.25) is 4.68 Å². The third-order valence-corrected chi connectivity index (χ3v) is 3.90. The molecule has 0 radical (unpaired) electrons. The molecular formula is C14H15N5OS. The molecule has 0 bridgehead atoms. The summed E-state index contributed by atoms with van der Waals surface area (Å²) in [7, 11) is 1.84. The molecule has 2 heterocycles. The highest BCUT2D eigenvalue weighted by Gasteiger charge is 2.05. The Hall–Kier alpha value is -2.41. The number of aryl methyl sites for hydroxylation is 2. The van der Waals surface area contributed by atoms with Gasteiger partial charge in [0.25, 0.3) is 0 Å². The topological polar surface area (TPSA) is 71.8 Å². The number of urea groups is 1. The largest absolute Gasteiger partial charge is 0.334 e. The van der Waals surface area contributed by atoms with Crippen LogP contribution >= 0.6 is 11.3 Å². The number of fused-ring (bicyclic) bond motifs is 1. The number of rotatable bonds is 3. The minimum atomic E-state index is -0.237. The Morgan fingerprint density at radius 3 is 3.05 bits per heavy atom. The summed E-state index contributed by atoms with van der Waals surface area (Å²) in [5.41, 5.74) is 2.68. The van der Waals surface area contributed by atoms with Crippen molar-refractivity contribution in [2.75, 3.05) is 5.32 Å². The number of carbonyl (C=O) groups excluding carboxylic acids is 1. The number of nitrogens with zero attached hydrogens (tertiary/aromatic N) is 3. The quantitative estimate of drug-likeness (QED) is 0.781. The molecule has 3 rings (SSSR count). The van der Waals surface area contributed by atoms with E-state index in [0.29, 0.717) is 6.54 Å². The first-order chi connectivity index (χ1) is 10.1. The summed E-state index contributed by atoms with van der Waals surface area (Å²) in [6.45, 7) is 2.42. The Morgan fingerprint density at radius 2 is 2.29 bits per heavy atom. The molecule has 7 heteroatoms. The minimum Gasteiger partial charge on any atom is -0.334 e. The summed E-state index contributed by atoms with van der Waals surface area (Å²) in [6, 6.07) is 5.46. The zero-order chi connectivity index (χ0) is 14.8.